The molecule has 0 fully saturated rings. The number of halogens is 4. The lowest BCUT2D eigenvalue weighted by atomic mass is 10.2. The van der Waals surface area contributed by atoms with Gasteiger partial charge in [-0.05, 0) is 30.3 Å². The van der Waals surface area contributed by atoms with Crippen molar-refractivity contribution in [2.24, 2.45) is 0 Å². The van der Waals surface area contributed by atoms with E-state index in [0.29, 0.717) is 15.8 Å². The zero-order valence-electron chi connectivity index (χ0n) is 16.4. The van der Waals surface area contributed by atoms with Crippen molar-refractivity contribution in [3.63, 3.8) is 0 Å². The molecule has 3 rings (SSSR count). The van der Waals surface area contributed by atoms with E-state index in [1.807, 2.05) is 0 Å². The van der Waals surface area contributed by atoms with Crippen LogP contribution in [0.1, 0.15) is 11.1 Å². The van der Waals surface area contributed by atoms with Crippen LogP contribution in [0.25, 0.3) is 0 Å². The fourth-order valence-electron chi connectivity index (χ4n) is 2.85. The van der Waals surface area contributed by atoms with Gasteiger partial charge in [-0.25, -0.2) is 4.57 Å². The van der Waals surface area contributed by atoms with Crippen LogP contribution in [0.2, 0.25) is 15.1 Å². The maximum atomic E-state index is 13.6. The largest absolute Gasteiger partial charge is 0.484 e. The van der Waals surface area contributed by atoms with E-state index in [1.165, 1.54) is 18.2 Å². The van der Waals surface area contributed by atoms with Gasteiger partial charge in [-0.1, -0.05) is 40.9 Å². The summed E-state index contributed by atoms with van der Waals surface area (Å²) >= 11 is 17.9. The van der Waals surface area contributed by atoms with Gasteiger partial charge in [0.15, 0.2) is 25.5 Å². The highest BCUT2D eigenvalue weighted by Crippen LogP contribution is 2.26. The van der Waals surface area contributed by atoms with Crippen LogP contribution in [-0.2, 0) is 28.1 Å². The third-order valence-electron chi connectivity index (χ3n) is 4.35. The number of hydrogen-bond acceptors (Lipinski definition) is 4. The molecule has 0 aliphatic heterocycles. The van der Waals surface area contributed by atoms with E-state index < -0.39 is 15.1 Å². The molecule has 0 aliphatic carbocycles. The van der Waals surface area contributed by atoms with Crippen LogP contribution in [0.5, 0.6) is 5.75 Å². The summed E-state index contributed by atoms with van der Waals surface area (Å²) in [6, 6.07) is 12.2. The van der Waals surface area contributed by atoms with Gasteiger partial charge in [0, 0.05) is 24.2 Å². The zero-order valence-corrected chi connectivity index (χ0v) is 19.5. The number of nitrogens with one attached hydrogen (secondary N) is 1. The monoisotopic (exact) mass is 517 g/mol. The van der Waals surface area contributed by atoms with Gasteiger partial charge in [-0.2, -0.15) is 8.42 Å². The first-order valence-electron chi connectivity index (χ1n) is 9.18. The summed E-state index contributed by atoms with van der Waals surface area (Å²) in [5, 5.41) is 3.55. The molecule has 11 heteroatoms. The molecule has 2 aromatic carbocycles. The quantitative estimate of drug-likeness (QED) is 0.356. The van der Waals surface area contributed by atoms with Gasteiger partial charge in [0.2, 0.25) is 0 Å². The Kier molecular flexibility index (Phi) is 7.95. The minimum Gasteiger partial charge on any atom is -0.484 e. The van der Waals surface area contributed by atoms with Crippen molar-refractivity contribution < 1.29 is 26.4 Å². The maximum Gasteiger partial charge on any atom is 0.332 e. The predicted octanol–water partition coefficient (Wildman–Crippen LogP) is 4.34. The number of hydrogen-bond donors (Lipinski definition) is 1. The van der Waals surface area contributed by atoms with E-state index in [4.69, 9.17) is 39.5 Å². The lowest BCUT2D eigenvalue weighted by Gasteiger charge is -2.09. The number of rotatable bonds is 8. The van der Waals surface area contributed by atoms with Crippen LogP contribution >= 0.6 is 34.8 Å². The Morgan fingerprint density at radius 1 is 1.03 bits per heavy atom. The third kappa shape index (κ3) is 6.56. The molecule has 0 atom stereocenters. The normalized spacial score (nSPS) is 11.2. The molecule has 3 aromatic rings. The Morgan fingerprint density at radius 3 is 2.53 bits per heavy atom. The number of benzene rings is 2. The van der Waals surface area contributed by atoms with Gasteiger partial charge >= 0.3 is 10.2 Å². The molecule has 1 heterocycles. The number of amides is 1. The zero-order chi connectivity index (χ0) is 23.3. The molecule has 0 radical (unpaired) electrons. The van der Waals surface area contributed by atoms with Crippen molar-refractivity contribution >= 4 is 50.9 Å². The van der Waals surface area contributed by atoms with Crippen molar-refractivity contribution in [1.82, 2.24) is 5.32 Å². The first-order valence-corrected chi connectivity index (χ1v) is 11.7. The number of carbonyl (C=O) groups excluding carboxylic acids is 1. The Labute approximate surface area is 199 Å². The van der Waals surface area contributed by atoms with Gasteiger partial charge < -0.3 is 10.1 Å². The second-order valence-corrected chi connectivity index (χ2v) is 9.22. The molecule has 0 bridgehead atoms. The van der Waals surface area contributed by atoms with Crippen LogP contribution in [0.4, 0.5) is 3.89 Å². The van der Waals surface area contributed by atoms with E-state index >= 15 is 0 Å². The predicted molar refractivity (Wildman–Crippen MR) is 119 cm³/mol. The van der Waals surface area contributed by atoms with Crippen LogP contribution < -0.4 is 14.6 Å². The van der Waals surface area contributed by atoms with Crippen LogP contribution in [0.15, 0.2) is 65.8 Å². The summed E-state index contributed by atoms with van der Waals surface area (Å²) in [5.41, 5.74) is 0.866. The van der Waals surface area contributed by atoms with Gasteiger partial charge in [-0.3, -0.25) is 4.79 Å². The molecule has 0 saturated heterocycles. The van der Waals surface area contributed by atoms with Crippen LogP contribution in [-0.4, -0.2) is 20.9 Å². The molecule has 32 heavy (non-hydrogen) atoms. The Morgan fingerprint density at radius 2 is 1.81 bits per heavy atom. The van der Waals surface area contributed by atoms with E-state index in [2.05, 4.69) is 5.32 Å². The third-order valence-corrected chi connectivity index (χ3v) is 6.35. The van der Waals surface area contributed by atoms with Crippen molar-refractivity contribution in [3.05, 3.63) is 87.1 Å². The average Bonchev–Trinajstić information content (AvgIpc) is 2.74. The molecule has 0 spiro atoms. The highest BCUT2D eigenvalue weighted by Gasteiger charge is 2.22. The Bertz CT molecular complexity index is 1260. The number of carbonyl (C=O) groups is 1. The highest BCUT2D eigenvalue weighted by molar-refractivity contribution is 7.86. The topological polar surface area (TPSA) is 76.3 Å². The van der Waals surface area contributed by atoms with Crippen molar-refractivity contribution in [1.29, 1.82) is 0 Å². The minimum absolute atomic E-state index is 0.0282. The second-order valence-electron chi connectivity index (χ2n) is 6.68. The fourth-order valence-corrected chi connectivity index (χ4v) is 4.14. The first kappa shape index (κ1) is 24.3. The van der Waals surface area contributed by atoms with Gasteiger partial charge in [0.05, 0.1) is 20.6 Å². The van der Waals surface area contributed by atoms with Crippen LogP contribution in [0, 0.1) is 0 Å². The van der Waals surface area contributed by atoms with E-state index in [9.17, 15) is 17.1 Å². The molecule has 6 nitrogen and oxygen atoms in total. The summed E-state index contributed by atoms with van der Waals surface area (Å²) in [5.74, 6) is 0.0499. The lowest BCUT2D eigenvalue weighted by Crippen LogP contribution is -2.36. The summed E-state index contributed by atoms with van der Waals surface area (Å²) in [6.45, 7) is 0.00368. The molecule has 1 N–H and O–H groups in total. The molecule has 1 amide bonds. The molecular weight excluding hydrogens is 502 g/mol. The number of aromatic nitrogens is 1. The van der Waals surface area contributed by atoms with E-state index in [1.54, 1.807) is 41.2 Å². The molecule has 1 aromatic heterocycles. The number of nitrogens with zero attached hydrogens (tertiary/aromatic N) is 1. The van der Waals surface area contributed by atoms with E-state index in [-0.39, 0.29) is 36.2 Å². The molecule has 0 aliphatic rings. The summed E-state index contributed by atoms with van der Waals surface area (Å²) in [4.78, 5) is 11.6. The van der Waals surface area contributed by atoms with Crippen molar-refractivity contribution in [2.75, 3.05) is 6.61 Å². The van der Waals surface area contributed by atoms with Crippen molar-refractivity contribution in [2.45, 2.75) is 18.0 Å². The summed E-state index contributed by atoms with van der Waals surface area (Å²) in [7, 11) is -4.93. The fraction of sp³-hybridized carbons (Fsp3) is 0.143. The second kappa shape index (κ2) is 10.5. The first-order chi connectivity index (χ1) is 15.1. The number of ether oxygens (including phenoxy) is 1. The Hall–Kier alpha value is -2.39. The summed E-state index contributed by atoms with van der Waals surface area (Å²) < 4.78 is 43.5. The van der Waals surface area contributed by atoms with Gasteiger partial charge in [0.25, 0.3) is 5.91 Å². The summed E-state index contributed by atoms with van der Waals surface area (Å²) in [6.07, 6.45) is 3.37. The molecule has 0 saturated carbocycles. The SMILES string of the molecule is O=C(COc1ccc(Cl)c(Cl)c1)NCc1ccc[n+](Cc2c(Cl)cccc2S(=O)(=O)F)c1. The smallest absolute Gasteiger partial charge is 0.332 e. The van der Waals surface area contributed by atoms with Crippen LogP contribution in [0.3, 0.4) is 0 Å². The lowest BCUT2D eigenvalue weighted by molar-refractivity contribution is -0.689. The van der Waals surface area contributed by atoms with Crippen molar-refractivity contribution in [3.8, 4) is 5.75 Å². The average molecular weight is 519 g/mol. The maximum absolute atomic E-state index is 13.6. The standard InChI is InChI=1S/C21H16Cl3FN2O4S/c22-17-4-1-5-20(32(25,29)30)16(17)12-27-8-2-3-14(11-27)10-26-21(28)13-31-15-6-7-18(23)19(24)9-15/h1-9,11H,10,12-13H2/p+1. The van der Waals surface area contributed by atoms with E-state index in [0.717, 1.165) is 11.6 Å². The highest BCUT2D eigenvalue weighted by atomic mass is 35.5. The number of pyridine rings is 1. The minimum atomic E-state index is -4.93. The van der Waals surface area contributed by atoms with Gasteiger partial charge in [-0.15, -0.1) is 3.89 Å². The molecule has 0 unspecified atom stereocenters. The molecular formula is C21H17Cl3FN2O4S+. The van der Waals surface area contributed by atoms with Gasteiger partial charge in [0.1, 0.15) is 10.6 Å². The molecule has 168 valence electrons. The Balaban J connectivity index is 1.62.